The molecule has 7 aliphatic rings. The van der Waals surface area contributed by atoms with Crippen LogP contribution in [-0.4, -0.2) is 71.7 Å². The Kier molecular flexibility index (Phi) is 7.93. The van der Waals surface area contributed by atoms with Crippen LogP contribution in [0.1, 0.15) is 90.9 Å². The number of hydrogen-bond acceptors (Lipinski definition) is 6. The van der Waals surface area contributed by atoms with Crippen LogP contribution < -0.4 is 5.73 Å². The molecule has 0 aromatic carbocycles. The number of carbonyl (C=O) groups excluding carboxylic acids is 1. The van der Waals surface area contributed by atoms with E-state index in [2.05, 4.69) is 18.4 Å². The minimum Gasteiger partial charge on any atom is -0.390 e. The van der Waals surface area contributed by atoms with Crippen molar-refractivity contribution in [2.45, 2.75) is 120 Å². The summed E-state index contributed by atoms with van der Waals surface area (Å²) in [5, 5.41) is 11.6. The molecule has 0 aromatic rings. The third-order valence-electron chi connectivity index (χ3n) is 12.3. The molecule has 4 saturated carbocycles. The summed E-state index contributed by atoms with van der Waals surface area (Å²) in [5.41, 5.74) is 3.09. The number of nitrogens with two attached hydrogens (primary N) is 1. The molecular weight excluding hydrogens is 519 g/mol. The summed E-state index contributed by atoms with van der Waals surface area (Å²) < 4.78 is 29.7. The van der Waals surface area contributed by atoms with E-state index in [0.717, 1.165) is 43.5 Å². The summed E-state index contributed by atoms with van der Waals surface area (Å²) in [6.07, 6.45) is 16.6. The number of likely N-dealkylation sites (tertiary alicyclic amines) is 1. The second-order valence-electron chi connectivity index (χ2n) is 14.5. The van der Waals surface area contributed by atoms with E-state index in [1.807, 2.05) is 25.2 Å². The Bertz CT molecular complexity index is 1100. The van der Waals surface area contributed by atoms with Crippen LogP contribution in [0.2, 0.25) is 0 Å². The van der Waals surface area contributed by atoms with E-state index < -0.39 is 28.2 Å². The molecule has 5 aliphatic carbocycles. The Morgan fingerprint density at radius 3 is 2.51 bits per heavy atom. The van der Waals surface area contributed by atoms with Crippen LogP contribution >= 0.6 is 0 Å². The zero-order valence-corrected chi connectivity index (χ0v) is 25.2. The molecule has 6 nitrogen and oxygen atoms in total. The van der Waals surface area contributed by atoms with E-state index >= 15 is 4.39 Å². The molecule has 7 rings (SSSR count). The van der Waals surface area contributed by atoms with Gasteiger partial charge in [0.1, 0.15) is 6.79 Å². The van der Waals surface area contributed by atoms with Gasteiger partial charge in [0.05, 0.1) is 18.8 Å². The molecule has 41 heavy (non-hydrogen) atoms. The molecule has 8 atom stereocenters. The van der Waals surface area contributed by atoms with Crippen LogP contribution in [0, 0.1) is 22.7 Å². The highest BCUT2D eigenvalue weighted by atomic mass is 19.1. The Hall–Kier alpha value is -1.38. The largest absolute Gasteiger partial charge is 0.390 e. The quantitative estimate of drug-likeness (QED) is 0.473. The molecule has 7 heteroatoms. The van der Waals surface area contributed by atoms with E-state index in [9.17, 15) is 9.90 Å². The van der Waals surface area contributed by atoms with E-state index in [1.165, 1.54) is 38.5 Å². The molecule has 6 fully saturated rings. The van der Waals surface area contributed by atoms with E-state index in [0.29, 0.717) is 25.4 Å². The highest BCUT2D eigenvalue weighted by Crippen LogP contribution is 2.71. The first-order valence-corrected chi connectivity index (χ1v) is 16.3. The van der Waals surface area contributed by atoms with Crippen LogP contribution in [0.5, 0.6) is 0 Å². The number of allylic oxidation sites excluding steroid dienone is 5. The maximum absolute atomic E-state index is 17.4. The lowest BCUT2D eigenvalue weighted by atomic mass is 9.44. The number of ether oxygens (including phenoxy) is 2. The zero-order chi connectivity index (χ0) is 29.0. The van der Waals surface area contributed by atoms with Crippen LogP contribution in [0.4, 0.5) is 4.39 Å². The minimum absolute atomic E-state index is 0.0527. The normalized spacial score (nSPS) is 46.0. The number of carbonyl (C=O) groups is 1. The van der Waals surface area contributed by atoms with Gasteiger partial charge in [-0.05, 0) is 82.9 Å². The van der Waals surface area contributed by atoms with Crippen LogP contribution in [0.3, 0.4) is 0 Å². The first kappa shape index (κ1) is 29.7. The summed E-state index contributed by atoms with van der Waals surface area (Å²) in [7, 11) is 0. The topological polar surface area (TPSA) is 85.0 Å². The van der Waals surface area contributed by atoms with E-state index in [4.69, 9.17) is 15.2 Å². The zero-order valence-electron chi connectivity index (χ0n) is 25.2. The third-order valence-corrected chi connectivity index (χ3v) is 12.3. The summed E-state index contributed by atoms with van der Waals surface area (Å²) in [6, 6.07) is 0.536. The lowest BCUT2D eigenvalue weighted by molar-refractivity contribution is -0.221. The molecule has 2 aliphatic heterocycles. The van der Waals surface area contributed by atoms with Gasteiger partial charge in [0.15, 0.2) is 17.1 Å². The van der Waals surface area contributed by atoms with Crippen molar-refractivity contribution in [3.05, 3.63) is 36.0 Å². The fourth-order valence-corrected chi connectivity index (χ4v) is 10.1. The van der Waals surface area contributed by atoms with Gasteiger partial charge in [0.2, 0.25) is 0 Å². The molecular formula is C34H51FN2O4. The van der Waals surface area contributed by atoms with Crippen molar-refractivity contribution in [2.75, 3.05) is 26.4 Å². The fraction of sp³-hybridized carbons (Fsp3) is 0.794. The lowest BCUT2D eigenvalue weighted by Gasteiger charge is -2.62. The Balaban J connectivity index is 0.000000380. The van der Waals surface area contributed by atoms with Gasteiger partial charge in [-0.25, -0.2) is 4.39 Å². The van der Waals surface area contributed by atoms with Gasteiger partial charge in [0.25, 0.3) is 0 Å². The van der Waals surface area contributed by atoms with Crippen LogP contribution in [0.15, 0.2) is 36.0 Å². The molecule has 0 radical (unpaired) electrons. The van der Waals surface area contributed by atoms with Crippen molar-refractivity contribution in [1.29, 1.82) is 0 Å². The van der Waals surface area contributed by atoms with Crippen molar-refractivity contribution in [3.8, 4) is 0 Å². The number of aliphatic hydroxyl groups excluding tert-OH is 1. The monoisotopic (exact) mass is 570 g/mol. The average molecular weight is 571 g/mol. The van der Waals surface area contributed by atoms with Crippen molar-refractivity contribution in [3.63, 3.8) is 0 Å². The predicted octanol–water partition coefficient (Wildman–Crippen LogP) is 5.40. The number of nitrogens with zero attached hydrogens (tertiary/aromatic N) is 1. The average Bonchev–Trinajstić information content (AvgIpc) is 3.49. The van der Waals surface area contributed by atoms with Crippen molar-refractivity contribution in [1.82, 2.24) is 4.90 Å². The van der Waals surface area contributed by atoms with Gasteiger partial charge in [-0.1, -0.05) is 63.0 Å². The molecule has 2 heterocycles. The smallest absolute Gasteiger partial charge is 0.181 e. The predicted molar refractivity (Wildman–Crippen MR) is 158 cm³/mol. The molecule has 2 saturated heterocycles. The Labute approximate surface area is 245 Å². The van der Waals surface area contributed by atoms with E-state index in [-0.39, 0.29) is 36.9 Å². The number of Topliss-reactive ketones (excluding diaryl/α,β-unsaturated/α-hetero) is 1. The summed E-state index contributed by atoms with van der Waals surface area (Å²) in [4.78, 5) is 16.2. The second-order valence-corrected chi connectivity index (χ2v) is 14.5. The Morgan fingerprint density at radius 2 is 1.83 bits per heavy atom. The highest BCUT2D eigenvalue weighted by molar-refractivity contribution is 5.92. The Morgan fingerprint density at radius 1 is 1.12 bits per heavy atom. The summed E-state index contributed by atoms with van der Waals surface area (Å²) in [6.45, 7) is 10.3. The summed E-state index contributed by atoms with van der Waals surface area (Å²) >= 11 is 0. The number of hydrogen-bond donors (Lipinski definition) is 2. The molecule has 228 valence electrons. The SMILES string of the molecule is C=C1C=CC2(C)C(=C1)CCC1[C@@H]3C[C@H]4OCO[C@@]4(C(=O)CN4CCCCC4)C3(C)CC(O)[C@@]12F.NC1CCCCC1. The fourth-order valence-electron chi connectivity index (χ4n) is 10.1. The van der Waals surface area contributed by atoms with Gasteiger partial charge in [0, 0.05) is 22.8 Å². The van der Waals surface area contributed by atoms with Gasteiger partial charge < -0.3 is 20.3 Å². The first-order chi connectivity index (χ1) is 19.6. The van der Waals surface area contributed by atoms with Crippen molar-refractivity contribution in [2.24, 2.45) is 28.4 Å². The van der Waals surface area contributed by atoms with Gasteiger partial charge in [-0.15, -0.1) is 0 Å². The highest BCUT2D eigenvalue weighted by Gasteiger charge is 2.78. The van der Waals surface area contributed by atoms with Gasteiger partial charge in [-0.3, -0.25) is 9.69 Å². The molecule has 4 unspecified atom stereocenters. The maximum Gasteiger partial charge on any atom is 0.181 e. The van der Waals surface area contributed by atoms with Crippen molar-refractivity contribution >= 4 is 5.78 Å². The van der Waals surface area contributed by atoms with E-state index in [1.54, 1.807) is 0 Å². The standard InChI is InChI=1S/C28H38FNO4.C6H13N/c1-18-9-10-25(2)19(13-18)7-8-20-21-14-24-28(34-17-33-24,23(32)16-30-11-5-4-6-12-30)26(21,3)15-22(31)27(20,25)29;7-6-4-2-1-3-5-6/h9-10,13,20-22,24,31H,1,4-8,11-12,14-17H2,2-3H3;6H,1-5,7H2/t20?,21-,22?,24+,25?,26?,27-,28+;/m0./s1. The number of fused-ring (bicyclic) bond motifs is 7. The van der Waals surface area contributed by atoms with Crippen LogP contribution in [0.25, 0.3) is 0 Å². The number of rotatable bonds is 3. The van der Waals surface area contributed by atoms with Gasteiger partial charge >= 0.3 is 0 Å². The number of piperidine rings is 1. The van der Waals surface area contributed by atoms with Crippen molar-refractivity contribution < 1.29 is 23.8 Å². The summed E-state index contributed by atoms with van der Waals surface area (Å²) in [5.74, 6) is -0.401. The van der Waals surface area contributed by atoms with Gasteiger partial charge in [-0.2, -0.15) is 0 Å². The first-order valence-electron chi connectivity index (χ1n) is 16.3. The minimum atomic E-state index is -1.80. The van der Waals surface area contributed by atoms with Crippen LogP contribution in [-0.2, 0) is 14.3 Å². The maximum atomic E-state index is 17.4. The number of ketones is 1. The molecule has 0 aromatic heterocycles. The number of aliphatic hydroxyl groups is 1. The number of alkyl halides is 1. The lowest BCUT2D eigenvalue weighted by Crippen LogP contribution is -2.70. The number of halogens is 1. The second kappa shape index (κ2) is 11.0. The molecule has 0 bridgehead atoms. The third kappa shape index (κ3) is 4.47. The molecule has 3 N–H and O–H groups in total. The molecule has 0 amide bonds. The molecule has 0 spiro atoms.